The molecule has 0 aromatic heterocycles. The molecule has 0 atom stereocenters. The smallest absolute Gasteiger partial charge is 0.342 e. The summed E-state index contributed by atoms with van der Waals surface area (Å²) in [6, 6.07) is 0. The Kier molecular flexibility index (Phi) is 3.08. The second-order valence-electron chi connectivity index (χ2n) is 1.61. The fraction of sp³-hybridized carbons (Fsp3) is 0.400. The van der Waals surface area contributed by atoms with Gasteiger partial charge in [-0.3, -0.25) is 0 Å². The molecule has 0 saturated heterocycles. The van der Waals surface area contributed by atoms with Crippen molar-refractivity contribution in [3.8, 4) is 0 Å². The van der Waals surface area contributed by atoms with E-state index in [9.17, 15) is 13.2 Å². The molecule has 4 nitrogen and oxygen atoms in total. The van der Waals surface area contributed by atoms with Crippen LogP contribution in [0.1, 0.15) is 6.92 Å². The lowest BCUT2D eigenvalue weighted by molar-refractivity contribution is -0.128. The van der Waals surface area contributed by atoms with Crippen LogP contribution in [0.5, 0.6) is 0 Å². The third kappa shape index (κ3) is 5.30. The molecular weight excluding hydrogens is 156 g/mol. The first-order chi connectivity index (χ1) is 4.45. The highest BCUT2D eigenvalue weighted by Gasteiger charge is 2.05. The molecule has 0 radical (unpaired) electrons. The summed E-state index contributed by atoms with van der Waals surface area (Å²) < 4.78 is 24.4. The summed E-state index contributed by atoms with van der Waals surface area (Å²) >= 11 is 0. The normalized spacial score (nSPS) is 11.8. The van der Waals surface area contributed by atoms with Crippen molar-refractivity contribution in [1.82, 2.24) is 0 Å². The van der Waals surface area contributed by atoms with Gasteiger partial charge < -0.3 is 4.18 Å². The summed E-state index contributed by atoms with van der Waals surface area (Å²) in [5, 5.41) is 0. The van der Waals surface area contributed by atoms with Crippen LogP contribution in [0, 0.1) is 0 Å². The quantitative estimate of drug-likeness (QED) is 0.428. The molecule has 0 spiro atoms. The Labute approximate surface area is 59.6 Å². The zero-order valence-corrected chi connectivity index (χ0v) is 6.51. The molecule has 0 aromatic carbocycles. The van der Waals surface area contributed by atoms with Crippen molar-refractivity contribution in [3.63, 3.8) is 0 Å². The topological polar surface area (TPSA) is 60.4 Å². The van der Waals surface area contributed by atoms with E-state index < -0.39 is 16.1 Å². The van der Waals surface area contributed by atoms with Gasteiger partial charge in [0, 0.05) is 6.08 Å². The van der Waals surface area contributed by atoms with Crippen LogP contribution in [0.3, 0.4) is 0 Å². The highest BCUT2D eigenvalue weighted by Crippen LogP contribution is 1.88. The van der Waals surface area contributed by atoms with Gasteiger partial charge in [-0.15, -0.1) is 0 Å². The first kappa shape index (κ1) is 9.16. The van der Waals surface area contributed by atoms with Gasteiger partial charge in [0.1, 0.15) is 0 Å². The van der Waals surface area contributed by atoms with Crippen LogP contribution in [0.2, 0.25) is 0 Å². The third-order valence-corrected chi connectivity index (χ3v) is 1.00. The van der Waals surface area contributed by atoms with Gasteiger partial charge in [-0.25, -0.2) is 4.79 Å². The van der Waals surface area contributed by atoms with E-state index in [0.717, 1.165) is 12.3 Å². The maximum absolute atomic E-state index is 10.4. The molecule has 0 aliphatic heterocycles. The molecule has 0 rings (SSSR count). The van der Waals surface area contributed by atoms with E-state index in [2.05, 4.69) is 4.18 Å². The number of hydrogen-bond acceptors (Lipinski definition) is 4. The van der Waals surface area contributed by atoms with Crippen molar-refractivity contribution in [2.45, 2.75) is 6.92 Å². The maximum Gasteiger partial charge on any atom is 0.346 e. The van der Waals surface area contributed by atoms with Crippen LogP contribution < -0.4 is 0 Å². The third-order valence-electron chi connectivity index (χ3n) is 0.536. The average Bonchev–Trinajstić information content (AvgIpc) is 1.59. The molecule has 10 heavy (non-hydrogen) atoms. The van der Waals surface area contributed by atoms with Crippen LogP contribution in [-0.4, -0.2) is 20.6 Å². The Morgan fingerprint density at radius 1 is 1.50 bits per heavy atom. The average molecular weight is 164 g/mol. The molecule has 0 bridgehead atoms. The number of allylic oxidation sites excluding steroid dienone is 1. The Balaban J connectivity index is 4.07. The maximum atomic E-state index is 10.4. The Morgan fingerprint density at radius 2 is 2.00 bits per heavy atom. The lowest BCUT2D eigenvalue weighted by Gasteiger charge is -1.93. The van der Waals surface area contributed by atoms with Gasteiger partial charge >= 0.3 is 16.1 Å². The zero-order chi connectivity index (χ0) is 8.20. The molecule has 58 valence electrons. The first-order valence-corrected chi connectivity index (χ1v) is 4.33. The Hall–Kier alpha value is -0.840. The summed E-state index contributed by atoms with van der Waals surface area (Å²) in [5.41, 5.74) is 0. The summed E-state index contributed by atoms with van der Waals surface area (Å²) in [7, 11) is -3.65. The fourth-order valence-corrected chi connectivity index (χ4v) is 0.667. The SMILES string of the molecule is C/C=C\C(=O)OS(C)(=O)=O. The molecule has 0 aromatic rings. The Bertz CT molecular complexity index is 236. The van der Waals surface area contributed by atoms with Gasteiger partial charge in [0.05, 0.1) is 6.26 Å². The van der Waals surface area contributed by atoms with Crippen molar-refractivity contribution in [2.75, 3.05) is 6.26 Å². The number of carbonyl (C=O) groups excluding carboxylic acids is 1. The van der Waals surface area contributed by atoms with Gasteiger partial charge in [0.25, 0.3) is 0 Å². The van der Waals surface area contributed by atoms with Crippen molar-refractivity contribution >= 4 is 16.1 Å². The minimum Gasteiger partial charge on any atom is -0.342 e. The van der Waals surface area contributed by atoms with Crippen LogP contribution >= 0.6 is 0 Å². The van der Waals surface area contributed by atoms with E-state index in [1.807, 2.05) is 0 Å². The van der Waals surface area contributed by atoms with E-state index in [0.29, 0.717) is 0 Å². The molecule has 0 aliphatic rings. The predicted molar refractivity (Wildman–Crippen MR) is 35.7 cm³/mol. The summed E-state index contributed by atoms with van der Waals surface area (Å²) in [4.78, 5) is 10.4. The monoisotopic (exact) mass is 164 g/mol. The van der Waals surface area contributed by atoms with E-state index >= 15 is 0 Å². The van der Waals surface area contributed by atoms with Gasteiger partial charge in [0.2, 0.25) is 0 Å². The first-order valence-electron chi connectivity index (χ1n) is 2.52. The van der Waals surface area contributed by atoms with E-state index in [-0.39, 0.29) is 0 Å². The molecule has 0 amide bonds. The summed E-state index contributed by atoms with van der Waals surface area (Å²) in [6.45, 7) is 1.59. The standard InChI is InChI=1S/C5H8O4S/c1-3-4-5(6)9-10(2,7)8/h3-4H,1-2H3/b4-3-. The van der Waals surface area contributed by atoms with Gasteiger partial charge in [-0.1, -0.05) is 6.08 Å². The number of rotatable bonds is 2. The summed E-state index contributed by atoms with van der Waals surface area (Å²) in [5.74, 6) is -0.870. The Morgan fingerprint density at radius 3 is 2.30 bits per heavy atom. The molecule has 0 saturated carbocycles. The molecule has 0 unspecified atom stereocenters. The highest BCUT2D eigenvalue weighted by atomic mass is 32.2. The van der Waals surface area contributed by atoms with Crippen LogP contribution in [0.4, 0.5) is 0 Å². The van der Waals surface area contributed by atoms with Gasteiger partial charge in [-0.2, -0.15) is 8.42 Å². The van der Waals surface area contributed by atoms with Gasteiger partial charge in [0.15, 0.2) is 0 Å². The predicted octanol–water partition coefficient (Wildman–Crippen LogP) is 0.0653. The zero-order valence-electron chi connectivity index (χ0n) is 5.70. The van der Waals surface area contributed by atoms with Crippen molar-refractivity contribution in [2.24, 2.45) is 0 Å². The highest BCUT2D eigenvalue weighted by molar-refractivity contribution is 7.86. The summed E-state index contributed by atoms with van der Waals surface area (Å²) in [6.07, 6.45) is 3.24. The molecule has 5 heteroatoms. The van der Waals surface area contributed by atoms with E-state index in [1.165, 1.54) is 6.08 Å². The second kappa shape index (κ2) is 3.36. The van der Waals surface area contributed by atoms with Crippen molar-refractivity contribution in [1.29, 1.82) is 0 Å². The number of carbonyl (C=O) groups is 1. The van der Waals surface area contributed by atoms with Crippen LogP contribution in [0.15, 0.2) is 12.2 Å². The van der Waals surface area contributed by atoms with Crippen LogP contribution in [-0.2, 0) is 19.1 Å². The molecule has 0 heterocycles. The molecule has 0 fully saturated rings. The van der Waals surface area contributed by atoms with Crippen molar-refractivity contribution in [3.05, 3.63) is 12.2 Å². The van der Waals surface area contributed by atoms with Crippen molar-refractivity contribution < 1.29 is 17.4 Å². The van der Waals surface area contributed by atoms with E-state index in [1.54, 1.807) is 6.92 Å². The number of hydrogen-bond donors (Lipinski definition) is 0. The molecular formula is C5H8O4S. The lowest BCUT2D eigenvalue weighted by Crippen LogP contribution is -2.08. The van der Waals surface area contributed by atoms with Crippen LogP contribution in [0.25, 0.3) is 0 Å². The largest absolute Gasteiger partial charge is 0.346 e. The fourth-order valence-electron chi connectivity index (χ4n) is 0.313. The second-order valence-corrected chi connectivity index (χ2v) is 3.18. The minimum absolute atomic E-state index is 0.814. The molecule has 0 aliphatic carbocycles. The van der Waals surface area contributed by atoms with E-state index in [4.69, 9.17) is 0 Å². The minimum atomic E-state index is -3.65. The van der Waals surface area contributed by atoms with Gasteiger partial charge in [-0.05, 0) is 6.92 Å². The lowest BCUT2D eigenvalue weighted by atomic mass is 10.5. The molecule has 0 N–H and O–H groups in total.